The molecule has 2 N–H and O–H groups in total. The highest BCUT2D eigenvalue weighted by molar-refractivity contribution is 9.10. The number of carbonyl (C=O) groups is 1. The molecule has 78 valence electrons. The molecule has 0 spiro atoms. The Morgan fingerprint density at radius 3 is 2.93 bits per heavy atom. The van der Waals surface area contributed by atoms with Gasteiger partial charge < -0.3 is 14.9 Å². The predicted molar refractivity (Wildman–Crippen MR) is 55.2 cm³/mol. The smallest absolute Gasteiger partial charge is 0.199 e. The largest absolute Gasteiger partial charge is 0.446 e. The monoisotopic (exact) mass is 261 g/mol. The van der Waals surface area contributed by atoms with E-state index in [0.717, 1.165) is 0 Å². The third-order valence-corrected chi connectivity index (χ3v) is 2.10. The summed E-state index contributed by atoms with van der Waals surface area (Å²) in [6.07, 6.45) is 0.230. The lowest BCUT2D eigenvalue weighted by molar-refractivity contribution is 0.0921. The fourth-order valence-electron chi connectivity index (χ4n) is 1.08. The number of hydrogen-bond acceptors (Lipinski definition) is 4. The Bertz CT molecular complexity index is 311. The van der Waals surface area contributed by atoms with Crippen LogP contribution in [0.3, 0.4) is 0 Å². The van der Waals surface area contributed by atoms with Gasteiger partial charge in [0.25, 0.3) is 0 Å². The van der Waals surface area contributed by atoms with Gasteiger partial charge >= 0.3 is 0 Å². The fraction of sp³-hybridized carbons (Fsp3) is 0.444. The quantitative estimate of drug-likeness (QED) is 0.818. The Labute approximate surface area is 90.5 Å². The number of hydrogen-bond donors (Lipinski definition) is 1. The number of furan rings is 1. The minimum atomic E-state index is -0.281. The molecule has 0 aliphatic carbocycles. The van der Waals surface area contributed by atoms with Crippen LogP contribution in [0.2, 0.25) is 0 Å². The lowest BCUT2D eigenvalue weighted by Crippen LogP contribution is -2.28. The third-order valence-electron chi connectivity index (χ3n) is 1.68. The molecule has 0 radical (unpaired) electrons. The fourth-order valence-corrected chi connectivity index (χ4v) is 1.38. The first kappa shape index (κ1) is 11.4. The van der Waals surface area contributed by atoms with Crippen molar-refractivity contribution in [2.24, 2.45) is 5.73 Å². The van der Waals surface area contributed by atoms with E-state index >= 15 is 0 Å². The molecule has 0 bridgehead atoms. The van der Waals surface area contributed by atoms with Crippen molar-refractivity contribution >= 4 is 21.7 Å². The van der Waals surface area contributed by atoms with Gasteiger partial charge in [-0.3, -0.25) is 4.79 Å². The van der Waals surface area contributed by atoms with Crippen LogP contribution in [0.5, 0.6) is 0 Å². The summed E-state index contributed by atoms with van der Waals surface area (Å²) in [4.78, 5) is 11.5. The van der Waals surface area contributed by atoms with Gasteiger partial charge in [0.05, 0.1) is 6.61 Å². The van der Waals surface area contributed by atoms with Crippen molar-refractivity contribution < 1.29 is 13.9 Å². The molecule has 14 heavy (non-hydrogen) atoms. The summed E-state index contributed by atoms with van der Waals surface area (Å²) in [6.45, 7) is 0.369. The topological polar surface area (TPSA) is 65.5 Å². The molecule has 1 rings (SSSR count). The summed E-state index contributed by atoms with van der Waals surface area (Å²) in [5.74, 6) is 0.212. The van der Waals surface area contributed by atoms with Crippen molar-refractivity contribution in [3.05, 3.63) is 22.6 Å². The zero-order valence-electron chi connectivity index (χ0n) is 7.83. The van der Waals surface area contributed by atoms with E-state index in [9.17, 15) is 4.79 Å². The second kappa shape index (κ2) is 5.29. The summed E-state index contributed by atoms with van der Waals surface area (Å²) in [6, 6.07) is 3.01. The molecule has 1 aromatic heterocycles. The molecule has 1 heterocycles. The zero-order chi connectivity index (χ0) is 10.6. The van der Waals surface area contributed by atoms with Crippen LogP contribution in [-0.2, 0) is 4.74 Å². The summed E-state index contributed by atoms with van der Waals surface area (Å²) in [5.41, 5.74) is 5.63. The Hall–Kier alpha value is -0.650. The van der Waals surface area contributed by atoms with Crippen LogP contribution in [0, 0.1) is 0 Å². The highest BCUT2D eigenvalue weighted by Gasteiger charge is 2.14. The molecule has 1 aromatic rings. The number of rotatable bonds is 5. The molecule has 0 amide bonds. The van der Waals surface area contributed by atoms with E-state index in [4.69, 9.17) is 14.9 Å². The van der Waals surface area contributed by atoms with Crippen LogP contribution in [0.1, 0.15) is 17.0 Å². The van der Waals surface area contributed by atoms with E-state index in [1.165, 1.54) is 0 Å². The molecule has 0 aliphatic heterocycles. The maximum absolute atomic E-state index is 11.5. The van der Waals surface area contributed by atoms with E-state index in [1.54, 1.807) is 19.2 Å². The Balaban J connectivity index is 2.50. The van der Waals surface area contributed by atoms with Crippen LogP contribution < -0.4 is 5.73 Å². The first-order valence-corrected chi connectivity index (χ1v) is 4.96. The zero-order valence-corrected chi connectivity index (χ0v) is 9.41. The van der Waals surface area contributed by atoms with E-state index in [0.29, 0.717) is 17.0 Å². The van der Waals surface area contributed by atoms with Crippen LogP contribution in [-0.4, -0.2) is 25.5 Å². The first-order valence-electron chi connectivity index (χ1n) is 4.16. The average Bonchev–Trinajstić information content (AvgIpc) is 2.52. The summed E-state index contributed by atoms with van der Waals surface area (Å²) < 4.78 is 10.5. The normalized spacial score (nSPS) is 12.8. The molecular formula is C9H12BrNO3. The Kier molecular flexibility index (Phi) is 4.31. The second-order valence-corrected chi connectivity index (χ2v) is 3.73. The molecule has 0 fully saturated rings. The minimum absolute atomic E-state index is 0.111. The van der Waals surface area contributed by atoms with Crippen LogP contribution in [0.25, 0.3) is 0 Å². The van der Waals surface area contributed by atoms with Gasteiger partial charge in [-0.2, -0.15) is 0 Å². The molecule has 1 atom stereocenters. The standard InChI is InChI=1S/C9H12BrNO3/c1-13-5-6(11)4-7(12)8-2-3-9(10)14-8/h2-3,6H,4-5,11H2,1H3. The molecule has 0 aromatic carbocycles. The first-order chi connectivity index (χ1) is 6.63. The van der Waals surface area contributed by atoms with Gasteiger partial charge in [0.1, 0.15) is 0 Å². The molecule has 0 aliphatic rings. The van der Waals surface area contributed by atoms with Crippen molar-refractivity contribution in [2.75, 3.05) is 13.7 Å². The van der Waals surface area contributed by atoms with Gasteiger partial charge in [-0.15, -0.1) is 0 Å². The van der Waals surface area contributed by atoms with Crippen molar-refractivity contribution in [2.45, 2.75) is 12.5 Å². The molecular weight excluding hydrogens is 250 g/mol. The van der Waals surface area contributed by atoms with Crippen molar-refractivity contribution in [3.8, 4) is 0 Å². The van der Waals surface area contributed by atoms with E-state index < -0.39 is 0 Å². The molecule has 0 saturated carbocycles. The lowest BCUT2D eigenvalue weighted by atomic mass is 10.1. The summed E-state index contributed by atoms with van der Waals surface area (Å²) >= 11 is 3.12. The van der Waals surface area contributed by atoms with Crippen molar-refractivity contribution in [1.29, 1.82) is 0 Å². The van der Waals surface area contributed by atoms with Gasteiger partial charge in [0, 0.05) is 19.6 Å². The Morgan fingerprint density at radius 2 is 2.43 bits per heavy atom. The van der Waals surface area contributed by atoms with Gasteiger partial charge in [-0.1, -0.05) is 0 Å². The van der Waals surface area contributed by atoms with Gasteiger partial charge in [0.15, 0.2) is 16.2 Å². The number of ether oxygens (including phenoxy) is 1. The maximum Gasteiger partial charge on any atom is 0.199 e. The number of Topliss-reactive ketones (excluding diaryl/α,β-unsaturated/α-hetero) is 1. The summed E-state index contributed by atoms with van der Waals surface area (Å²) in [5, 5.41) is 0. The van der Waals surface area contributed by atoms with Gasteiger partial charge in [-0.25, -0.2) is 0 Å². The van der Waals surface area contributed by atoms with Gasteiger partial charge in [-0.05, 0) is 28.1 Å². The SMILES string of the molecule is COCC(N)CC(=O)c1ccc(Br)o1. The van der Waals surface area contributed by atoms with Crippen molar-refractivity contribution in [1.82, 2.24) is 0 Å². The van der Waals surface area contributed by atoms with Crippen LogP contribution >= 0.6 is 15.9 Å². The highest BCUT2D eigenvalue weighted by Crippen LogP contribution is 2.15. The molecule has 0 saturated heterocycles. The van der Waals surface area contributed by atoms with E-state index in [-0.39, 0.29) is 18.2 Å². The van der Waals surface area contributed by atoms with E-state index in [2.05, 4.69) is 15.9 Å². The Morgan fingerprint density at radius 1 is 1.71 bits per heavy atom. The second-order valence-electron chi connectivity index (χ2n) is 2.95. The van der Waals surface area contributed by atoms with Gasteiger partial charge in [0.2, 0.25) is 0 Å². The molecule has 1 unspecified atom stereocenters. The number of nitrogens with two attached hydrogens (primary N) is 1. The molecule has 5 heteroatoms. The number of ketones is 1. The number of methoxy groups -OCH3 is 1. The van der Waals surface area contributed by atoms with Crippen LogP contribution in [0.4, 0.5) is 0 Å². The number of carbonyl (C=O) groups excluding carboxylic acids is 1. The van der Waals surface area contributed by atoms with Crippen molar-refractivity contribution in [3.63, 3.8) is 0 Å². The highest BCUT2D eigenvalue weighted by atomic mass is 79.9. The lowest BCUT2D eigenvalue weighted by Gasteiger charge is -2.07. The van der Waals surface area contributed by atoms with E-state index in [1.807, 2.05) is 0 Å². The number of halogens is 1. The average molecular weight is 262 g/mol. The molecule has 4 nitrogen and oxygen atoms in total. The maximum atomic E-state index is 11.5. The third kappa shape index (κ3) is 3.25. The minimum Gasteiger partial charge on any atom is -0.446 e. The van der Waals surface area contributed by atoms with Crippen LogP contribution in [0.15, 0.2) is 21.2 Å². The predicted octanol–water partition coefficient (Wildman–Crippen LogP) is 1.59. The summed E-state index contributed by atoms with van der Waals surface area (Å²) in [7, 11) is 1.55.